The zero-order chi connectivity index (χ0) is 15.2. The van der Waals surface area contributed by atoms with Crippen molar-refractivity contribution in [1.82, 2.24) is 5.32 Å². The van der Waals surface area contributed by atoms with Crippen molar-refractivity contribution < 1.29 is 14.6 Å². The first-order valence-electron chi connectivity index (χ1n) is 7.32. The van der Waals surface area contributed by atoms with Crippen LogP contribution in [0, 0.1) is 0 Å². The third-order valence-electron chi connectivity index (χ3n) is 3.90. The van der Waals surface area contributed by atoms with Gasteiger partial charge in [-0.2, -0.15) is 11.8 Å². The maximum Gasteiger partial charge on any atom is 0.321 e. The molecule has 4 atom stereocenters. The number of carboxylic acids is 1. The van der Waals surface area contributed by atoms with Crippen molar-refractivity contribution in [1.29, 1.82) is 0 Å². The lowest BCUT2D eigenvalue weighted by Gasteiger charge is -2.44. The van der Waals surface area contributed by atoms with E-state index in [2.05, 4.69) is 11.6 Å². The lowest BCUT2D eigenvalue weighted by atomic mass is 9.87. The number of ether oxygens (including phenoxy) is 1. The number of carboxylic acid groups (broad SMARTS) is 1. The zero-order valence-corrected chi connectivity index (χ0v) is 13.3. The average molecular weight is 309 g/mol. The van der Waals surface area contributed by atoms with Gasteiger partial charge in [0.1, 0.15) is 6.04 Å². The Morgan fingerprint density at radius 1 is 1.48 bits per heavy atom. The fraction of sp³-hybridized carbons (Fsp3) is 0.562. The second-order valence-corrected chi connectivity index (χ2v) is 6.30. The van der Waals surface area contributed by atoms with Gasteiger partial charge in [0.15, 0.2) is 0 Å². The zero-order valence-electron chi connectivity index (χ0n) is 12.5. The monoisotopic (exact) mass is 309 g/mol. The first kappa shape index (κ1) is 16.3. The maximum atomic E-state index is 11.5. The molecule has 0 aliphatic heterocycles. The van der Waals surface area contributed by atoms with Gasteiger partial charge < -0.3 is 15.2 Å². The minimum atomic E-state index is -0.793. The standard InChI is InChI=1S/C16H23NO3S/c1-3-20-14-10-12(15(14)21-2)17-13(16(18)19)9-11-7-5-4-6-8-11/h4-8,12-15,17H,3,9-10H2,1-2H3,(H,18,19)/t12?,13-,14?,15?/m0/s1. The van der Waals surface area contributed by atoms with Gasteiger partial charge in [0.05, 0.1) is 6.10 Å². The SMILES string of the molecule is CCOC1CC(N[C@@H](Cc2ccccc2)C(=O)O)C1SC. The fourth-order valence-electron chi connectivity index (χ4n) is 2.76. The van der Waals surface area contributed by atoms with Crippen LogP contribution in [0.25, 0.3) is 0 Å². The summed E-state index contributed by atoms with van der Waals surface area (Å²) in [5.74, 6) is -0.793. The summed E-state index contributed by atoms with van der Waals surface area (Å²) in [7, 11) is 0. The van der Waals surface area contributed by atoms with Gasteiger partial charge >= 0.3 is 5.97 Å². The smallest absolute Gasteiger partial charge is 0.321 e. The third kappa shape index (κ3) is 4.22. The molecule has 1 saturated carbocycles. The highest BCUT2D eigenvalue weighted by molar-refractivity contribution is 7.99. The molecule has 0 heterocycles. The Morgan fingerprint density at radius 3 is 2.76 bits per heavy atom. The number of carbonyl (C=O) groups is 1. The van der Waals surface area contributed by atoms with E-state index >= 15 is 0 Å². The van der Waals surface area contributed by atoms with Gasteiger partial charge in [0.2, 0.25) is 0 Å². The van der Waals surface area contributed by atoms with Crippen LogP contribution in [0.3, 0.4) is 0 Å². The van der Waals surface area contributed by atoms with E-state index in [4.69, 9.17) is 4.74 Å². The van der Waals surface area contributed by atoms with E-state index in [0.717, 1.165) is 12.0 Å². The lowest BCUT2D eigenvalue weighted by Crippen LogP contribution is -2.61. The molecule has 5 heteroatoms. The molecule has 0 aromatic heterocycles. The van der Waals surface area contributed by atoms with Crippen LogP contribution in [0.2, 0.25) is 0 Å². The minimum absolute atomic E-state index is 0.210. The largest absolute Gasteiger partial charge is 0.480 e. The van der Waals surface area contributed by atoms with Gasteiger partial charge in [-0.1, -0.05) is 30.3 Å². The molecule has 1 aromatic carbocycles. The van der Waals surface area contributed by atoms with Gasteiger partial charge in [0.25, 0.3) is 0 Å². The summed E-state index contributed by atoms with van der Waals surface area (Å²) in [5, 5.41) is 13.1. The molecular weight excluding hydrogens is 286 g/mol. The molecule has 0 radical (unpaired) electrons. The van der Waals surface area contributed by atoms with E-state index in [1.54, 1.807) is 11.8 Å². The van der Waals surface area contributed by atoms with Gasteiger partial charge in [-0.15, -0.1) is 0 Å². The highest BCUT2D eigenvalue weighted by atomic mass is 32.2. The van der Waals surface area contributed by atoms with Crippen LogP contribution >= 0.6 is 11.8 Å². The summed E-state index contributed by atoms with van der Waals surface area (Å²) < 4.78 is 5.66. The molecule has 2 N–H and O–H groups in total. The third-order valence-corrected chi connectivity index (χ3v) is 5.07. The molecule has 116 valence electrons. The molecule has 1 aliphatic rings. The molecule has 0 spiro atoms. The number of rotatable bonds is 8. The predicted molar refractivity (Wildman–Crippen MR) is 85.8 cm³/mol. The highest BCUT2D eigenvalue weighted by Gasteiger charge is 2.42. The number of hydrogen-bond donors (Lipinski definition) is 2. The van der Waals surface area contributed by atoms with E-state index < -0.39 is 12.0 Å². The molecular formula is C16H23NO3S. The number of hydrogen-bond acceptors (Lipinski definition) is 4. The van der Waals surface area contributed by atoms with Gasteiger partial charge in [-0.25, -0.2) is 0 Å². The molecule has 1 aliphatic carbocycles. The summed E-state index contributed by atoms with van der Waals surface area (Å²) in [6.07, 6.45) is 3.69. The average Bonchev–Trinajstić information content (AvgIpc) is 2.46. The molecule has 3 unspecified atom stereocenters. The first-order valence-corrected chi connectivity index (χ1v) is 8.61. The number of benzene rings is 1. The van der Waals surface area contributed by atoms with E-state index in [1.807, 2.05) is 37.3 Å². The number of nitrogens with one attached hydrogen (secondary N) is 1. The van der Waals surface area contributed by atoms with Crippen LogP contribution in [0.15, 0.2) is 30.3 Å². The van der Waals surface area contributed by atoms with E-state index in [9.17, 15) is 9.90 Å². The van der Waals surface area contributed by atoms with Crippen molar-refractivity contribution in [3.63, 3.8) is 0 Å². The number of thioether (sulfide) groups is 1. The van der Waals surface area contributed by atoms with Gasteiger partial charge in [0, 0.05) is 17.9 Å². The summed E-state index contributed by atoms with van der Waals surface area (Å²) in [5.41, 5.74) is 1.04. The summed E-state index contributed by atoms with van der Waals surface area (Å²) in [4.78, 5) is 11.5. The molecule has 2 rings (SSSR count). The molecule has 0 saturated heterocycles. The van der Waals surface area contributed by atoms with Crippen molar-refractivity contribution in [2.45, 2.75) is 43.2 Å². The molecule has 1 fully saturated rings. The maximum absolute atomic E-state index is 11.5. The van der Waals surface area contributed by atoms with E-state index in [1.165, 1.54) is 0 Å². The van der Waals surface area contributed by atoms with Gasteiger partial charge in [-0.05, 0) is 31.6 Å². The van der Waals surface area contributed by atoms with Crippen molar-refractivity contribution in [3.8, 4) is 0 Å². The van der Waals surface area contributed by atoms with Crippen LogP contribution < -0.4 is 5.32 Å². The van der Waals surface area contributed by atoms with Crippen LogP contribution in [-0.2, 0) is 16.0 Å². The van der Waals surface area contributed by atoms with Crippen LogP contribution in [0.5, 0.6) is 0 Å². The summed E-state index contributed by atoms with van der Waals surface area (Å²) in [6, 6.07) is 9.41. The fourth-order valence-corrected chi connectivity index (χ4v) is 3.77. The van der Waals surface area contributed by atoms with Crippen molar-refractivity contribution in [3.05, 3.63) is 35.9 Å². The number of aliphatic carboxylic acids is 1. The molecule has 1 aromatic rings. The molecule has 0 amide bonds. The Hall–Kier alpha value is -1.04. The van der Waals surface area contributed by atoms with Crippen molar-refractivity contribution in [2.24, 2.45) is 0 Å². The topological polar surface area (TPSA) is 58.6 Å². The van der Waals surface area contributed by atoms with Crippen LogP contribution in [-0.4, -0.2) is 47.4 Å². The van der Waals surface area contributed by atoms with Gasteiger partial charge in [-0.3, -0.25) is 4.79 Å². The Bertz CT molecular complexity index is 454. The Labute approximate surface area is 130 Å². The minimum Gasteiger partial charge on any atom is -0.480 e. The van der Waals surface area contributed by atoms with Crippen molar-refractivity contribution in [2.75, 3.05) is 12.9 Å². The van der Waals surface area contributed by atoms with E-state index in [-0.39, 0.29) is 12.1 Å². The Morgan fingerprint density at radius 2 is 2.19 bits per heavy atom. The lowest BCUT2D eigenvalue weighted by molar-refractivity contribution is -0.140. The molecule has 0 bridgehead atoms. The Balaban J connectivity index is 1.93. The summed E-state index contributed by atoms with van der Waals surface area (Å²) in [6.45, 7) is 2.70. The Kier molecular flexibility index (Phi) is 6.08. The highest BCUT2D eigenvalue weighted by Crippen LogP contribution is 2.33. The van der Waals surface area contributed by atoms with E-state index in [0.29, 0.717) is 18.3 Å². The van der Waals surface area contributed by atoms with Crippen LogP contribution in [0.1, 0.15) is 18.9 Å². The first-order chi connectivity index (χ1) is 10.2. The van der Waals surface area contributed by atoms with Crippen molar-refractivity contribution >= 4 is 17.7 Å². The second kappa shape index (κ2) is 7.82. The quantitative estimate of drug-likeness (QED) is 0.771. The predicted octanol–water partition coefficient (Wildman–Crippen LogP) is 2.18. The summed E-state index contributed by atoms with van der Waals surface area (Å²) >= 11 is 1.75. The molecule has 4 nitrogen and oxygen atoms in total. The second-order valence-electron chi connectivity index (χ2n) is 5.28. The van der Waals surface area contributed by atoms with Crippen LogP contribution in [0.4, 0.5) is 0 Å². The normalized spacial score (nSPS) is 26.1. The molecule has 21 heavy (non-hydrogen) atoms.